The number of carbonyl (C=O) groups is 1. The number of aliphatic carboxylic acids is 1. The van der Waals surface area contributed by atoms with Gasteiger partial charge in [0.2, 0.25) is 0 Å². The van der Waals surface area contributed by atoms with Crippen LogP contribution in [-0.2, 0) is 4.79 Å². The Hall–Kier alpha value is -1.56. The van der Waals surface area contributed by atoms with Gasteiger partial charge in [0.1, 0.15) is 0 Å². The molecule has 2 aromatic rings. The fourth-order valence-electron chi connectivity index (χ4n) is 2.46. The molecule has 2 heterocycles. The van der Waals surface area contributed by atoms with E-state index in [1.54, 1.807) is 0 Å². The number of hydrogen-bond donors (Lipinski definition) is 1. The molecule has 0 amide bonds. The lowest BCUT2D eigenvalue weighted by molar-refractivity contribution is -0.142. The summed E-state index contributed by atoms with van der Waals surface area (Å²) in [7, 11) is 0. The van der Waals surface area contributed by atoms with E-state index in [1.807, 2.05) is 18.2 Å². The summed E-state index contributed by atoms with van der Waals surface area (Å²) in [4.78, 5) is 13.0. The number of aromatic nitrogens is 1. The summed E-state index contributed by atoms with van der Waals surface area (Å²) >= 11 is 3.44. The van der Waals surface area contributed by atoms with Crippen LogP contribution < -0.4 is 4.90 Å². The van der Waals surface area contributed by atoms with E-state index in [0.717, 1.165) is 21.3 Å². The number of nitrogens with zero attached hydrogens (tertiary/aromatic N) is 2. The van der Waals surface area contributed by atoms with Crippen molar-refractivity contribution >= 4 is 38.7 Å². The van der Waals surface area contributed by atoms with Gasteiger partial charge in [-0.2, -0.15) is 0 Å². The summed E-state index contributed by atoms with van der Waals surface area (Å²) in [6, 6.07) is 5.76. The van der Waals surface area contributed by atoms with Crippen LogP contribution >= 0.6 is 15.9 Å². The monoisotopic (exact) mass is 324 g/mol. The van der Waals surface area contributed by atoms with Gasteiger partial charge < -0.3 is 14.5 Å². The summed E-state index contributed by atoms with van der Waals surface area (Å²) in [6.07, 6.45) is 1.30. The third-order valence-electron chi connectivity index (χ3n) is 3.56. The number of piperidine rings is 1. The summed E-state index contributed by atoms with van der Waals surface area (Å²) in [6.45, 7) is 1.40. The van der Waals surface area contributed by atoms with Gasteiger partial charge in [0.25, 0.3) is 0 Å². The Morgan fingerprint density at radius 1 is 1.42 bits per heavy atom. The molecule has 100 valence electrons. The molecule has 1 aliphatic heterocycles. The van der Waals surface area contributed by atoms with Crippen molar-refractivity contribution < 1.29 is 14.4 Å². The lowest BCUT2D eigenvalue weighted by Gasteiger charge is -2.29. The van der Waals surface area contributed by atoms with Crippen molar-refractivity contribution in [1.82, 2.24) is 5.16 Å². The van der Waals surface area contributed by atoms with Gasteiger partial charge in [0.15, 0.2) is 11.4 Å². The van der Waals surface area contributed by atoms with E-state index in [4.69, 9.17) is 9.63 Å². The first-order valence-corrected chi connectivity index (χ1v) is 6.97. The molecule has 0 radical (unpaired) electrons. The zero-order valence-corrected chi connectivity index (χ0v) is 11.8. The zero-order valence-electron chi connectivity index (χ0n) is 10.2. The topological polar surface area (TPSA) is 66.6 Å². The van der Waals surface area contributed by atoms with Gasteiger partial charge in [0.05, 0.1) is 11.3 Å². The van der Waals surface area contributed by atoms with Crippen molar-refractivity contribution in [2.24, 2.45) is 5.92 Å². The Labute approximate surface area is 118 Å². The van der Waals surface area contributed by atoms with E-state index in [9.17, 15) is 4.79 Å². The third kappa shape index (κ3) is 2.32. The number of anilines is 1. The van der Waals surface area contributed by atoms with E-state index in [1.165, 1.54) is 0 Å². The average molecular weight is 325 g/mol. The summed E-state index contributed by atoms with van der Waals surface area (Å²) < 4.78 is 6.28. The van der Waals surface area contributed by atoms with Gasteiger partial charge in [0, 0.05) is 17.6 Å². The predicted octanol–water partition coefficient (Wildman–Crippen LogP) is 2.89. The molecule has 1 fully saturated rings. The molecule has 5 nitrogen and oxygen atoms in total. The molecule has 1 saturated heterocycles. The molecule has 1 aromatic heterocycles. The van der Waals surface area contributed by atoms with Crippen molar-refractivity contribution in [3.63, 3.8) is 0 Å². The van der Waals surface area contributed by atoms with Crippen LogP contribution in [0.5, 0.6) is 0 Å². The first kappa shape index (κ1) is 12.5. The molecular weight excluding hydrogens is 312 g/mol. The van der Waals surface area contributed by atoms with Crippen LogP contribution in [0.25, 0.3) is 11.0 Å². The number of hydrogen-bond acceptors (Lipinski definition) is 4. The maximum Gasteiger partial charge on any atom is 0.306 e. The zero-order chi connectivity index (χ0) is 13.4. The molecule has 0 aliphatic carbocycles. The standard InChI is InChI=1S/C13H13BrN2O3/c14-9-1-2-11-10(7-9)12(15-19-11)16-5-3-8(4-6-16)13(17)18/h1-2,7-8H,3-6H2,(H,17,18). The molecule has 0 bridgehead atoms. The fourth-order valence-corrected chi connectivity index (χ4v) is 2.83. The van der Waals surface area contributed by atoms with Gasteiger partial charge in [-0.3, -0.25) is 4.79 Å². The molecule has 0 spiro atoms. The molecule has 0 atom stereocenters. The Morgan fingerprint density at radius 3 is 2.84 bits per heavy atom. The first-order chi connectivity index (χ1) is 9.15. The number of benzene rings is 1. The van der Waals surface area contributed by atoms with E-state index in [0.29, 0.717) is 25.9 Å². The van der Waals surface area contributed by atoms with Gasteiger partial charge in [-0.15, -0.1) is 0 Å². The van der Waals surface area contributed by atoms with Gasteiger partial charge in [-0.25, -0.2) is 0 Å². The largest absolute Gasteiger partial charge is 0.481 e. The summed E-state index contributed by atoms with van der Waals surface area (Å²) in [5.41, 5.74) is 0.749. The average Bonchev–Trinajstić information content (AvgIpc) is 2.81. The second-order valence-corrected chi connectivity index (χ2v) is 5.66. The Kier molecular flexibility index (Phi) is 3.18. The Morgan fingerprint density at radius 2 is 2.16 bits per heavy atom. The van der Waals surface area contributed by atoms with Crippen LogP contribution in [0.2, 0.25) is 0 Å². The predicted molar refractivity (Wildman–Crippen MR) is 74.3 cm³/mol. The van der Waals surface area contributed by atoms with Gasteiger partial charge in [-0.05, 0) is 31.0 Å². The van der Waals surface area contributed by atoms with Crippen LogP contribution in [-0.4, -0.2) is 29.3 Å². The first-order valence-electron chi connectivity index (χ1n) is 6.18. The molecule has 0 unspecified atom stereocenters. The van der Waals surface area contributed by atoms with Gasteiger partial charge >= 0.3 is 5.97 Å². The highest BCUT2D eigenvalue weighted by Gasteiger charge is 2.26. The summed E-state index contributed by atoms with van der Waals surface area (Å²) in [5.74, 6) is -0.131. The molecule has 1 aliphatic rings. The van der Waals surface area contributed by atoms with Crippen LogP contribution in [0.15, 0.2) is 27.2 Å². The third-order valence-corrected chi connectivity index (χ3v) is 4.05. The van der Waals surface area contributed by atoms with Crippen molar-refractivity contribution in [3.8, 4) is 0 Å². The van der Waals surface area contributed by atoms with Crippen molar-refractivity contribution in [3.05, 3.63) is 22.7 Å². The molecule has 1 N–H and O–H groups in total. The van der Waals surface area contributed by atoms with E-state index >= 15 is 0 Å². The van der Waals surface area contributed by atoms with Crippen molar-refractivity contribution in [2.45, 2.75) is 12.8 Å². The van der Waals surface area contributed by atoms with E-state index in [2.05, 4.69) is 26.0 Å². The SMILES string of the molecule is O=C(O)C1CCN(c2noc3ccc(Br)cc23)CC1. The fraction of sp³-hybridized carbons (Fsp3) is 0.385. The van der Waals surface area contributed by atoms with Crippen LogP contribution in [0.1, 0.15) is 12.8 Å². The number of rotatable bonds is 2. The maximum absolute atomic E-state index is 10.9. The van der Waals surface area contributed by atoms with Crippen molar-refractivity contribution in [2.75, 3.05) is 18.0 Å². The molecule has 6 heteroatoms. The number of carboxylic acids is 1. The number of halogens is 1. The normalized spacial score (nSPS) is 17.0. The highest BCUT2D eigenvalue weighted by atomic mass is 79.9. The van der Waals surface area contributed by atoms with Crippen molar-refractivity contribution in [1.29, 1.82) is 0 Å². The maximum atomic E-state index is 10.9. The highest BCUT2D eigenvalue weighted by Crippen LogP contribution is 2.31. The van der Waals surface area contributed by atoms with Crippen LogP contribution in [0, 0.1) is 5.92 Å². The van der Waals surface area contributed by atoms with Crippen LogP contribution in [0.3, 0.4) is 0 Å². The smallest absolute Gasteiger partial charge is 0.306 e. The highest BCUT2D eigenvalue weighted by molar-refractivity contribution is 9.10. The minimum absolute atomic E-state index is 0.235. The molecular formula is C13H13BrN2O3. The minimum Gasteiger partial charge on any atom is -0.481 e. The Bertz CT molecular complexity index is 617. The lowest BCUT2D eigenvalue weighted by Crippen LogP contribution is -2.36. The molecule has 0 saturated carbocycles. The lowest BCUT2D eigenvalue weighted by atomic mass is 9.97. The number of fused-ring (bicyclic) bond motifs is 1. The summed E-state index contributed by atoms with van der Waals surface area (Å²) in [5, 5.41) is 14.1. The van der Waals surface area contributed by atoms with Crippen LogP contribution in [0.4, 0.5) is 5.82 Å². The number of carboxylic acid groups (broad SMARTS) is 1. The molecule has 1 aromatic carbocycles. The molecule has 19 heavy (non-hydrogen) atoms. The second kappa shape index (κ2) is 4.85. The van der Waals surface area contributed by atoms with E-state index in [-0.39, 0.29) is 5.92 Å². The van der Waals surface area contributed by atoms with Gasteiger partial charge in [-0.1, -0.05) is 21.1 Å². The Balaban J connectivity index is 1.85. The quantitative estimate of drug-likeness (QED) is 0.920. The second-order valence-electron chi connectivity index (χ2n) is 4.75. The van der Waals surface area contributed by atoms with E-state index < -0.39 is 5.97 Å². The molecule has 3 rings (SSSR count). The minimum atomic E-state index is -0.701.